The second kappa shape index (κ2) is 9.29. The van der Waals surface area contributed by atoms with E-state index in [2.05, 4.69) is 0 Å². The minimum absolute atomic E-state index is 0.0773. The number of anilines is 1. The molecule has 6 nitrogen and oxygen atoms in total. The number of Topliss-reactive ketones (excluding diaryl/α,β-unsaturated/α-hetero) is 1. The van der Waals surface area contributed by atoms with Crippen molar-refractivity contribution in [1.82, 2.24) is 0 Å². The van der Waals surface area contributed by atoms with Gasteiger partial charge in [0.05, 0.1) is 16.1 Å². The summed E-state index contributed by atoms with van der Waals surface area (Å²) in [4.78, 5) is 25.4. The number of ketones is 1. The van der Waals surface area contributed by atoms with Crippen LogP contribution in [-0.4, -0.2) is 20.1 Å². The Hall–Kier alpha value is -3.68. The van der Waals surface area contributed by atoms with Gasteiger partial charge in [-0.15, -0.1) is 0 Å². The number of sulfonamides is 1. The first-order valence-electron chi connectivity index (χ1n) is 10.3. The molecule has 1 amide bonds. The quantitative estimate of drug-likeness (QED) is 0.242. The number of hydrogen-bond donors (Lipinski definition) is 0. The first-order valence-corrected chi connectivity index (χ1v) is 12.1. The van der Waals surface area contributed by atoms with Crippen LogP contribution in [0.5, 0.6) is 0 Å². The lowest BCUT2D eigenvalue weighted by atomic mass is 10.1. The lowest BCUT2D eigenvalue weighted by Gasteiger charge is -2.21. The normalized spacial score (nSPS) is 11.7. The number of benzene rings is 3. The van der Waals surface area contributed by atoms with Gasteiger partial charge in [0.2, 0.25) is 0 Å². The van der Waals surface area contributed by atoms with Crippen molar-refractivity contribution in [2.24, 2.45) is 0 Å². The standard InChI is InChI=1S/C26H20ClNO5S/c1-17(29)26-18(2)33-24-14-11-21(16-23(24)26)28(25(30)15-8-19-6-4-3-5-7-19)34(31,32)22-12-9-20(27)10-13-22/h3-16H,1-2H3. The summed E-state index contributed by atoms with van der Waals surface area (Å²) >= 11 is 5.92. The van der Waals surface area contributed by atoms with Gasteiger partial charge in [-0.3, -0.25) is 9.59 Å². The molecule has 34 heavy (non-hydrogen) atoms. The van der Waals surface area contributed by atoms with Crippen LogP contribution in [0.15, 0.2) is 88.2 Å². The summed E-state index contributed by atoms with van der Waals surface area (Å²) in [6.07, 6.45) is 2.73. The Bertz CT molecular complexity index is 1520. The average molecular weight is 494 g/mol. The van der Waals surface area contributed by atoms with E-state index in [1.165, 1.54) is 55.5 Å². The van der Waals surface area contributed by atoms with Gasteiger partial charge < -0.3 is 4.42 Å². The predicted octanol–water partition coefficient (Wildman–Crippen LogP) is 6.03. The zero-order valence-electron chi connectivity index (χ0n) is 18.4. The summed E-state index contributed by atoms with van der Waals surface area (Å²) in [6.45, 7) is 3.06. The molecule has 0 N–H and O–H groups in total. The van der Waals surface area contributed by atoms with Crippen LogP contribution in [0.3, 0.4) is 0 Å². The summed E-state index contributed by atoms with van der Waals surface area (Å²) in [5, 5.41) is 0.792. The van der Waals surface area contributed by atoms with E-state index in [1.807, 2.05) is 18.2 Å². The molecule has 0 spiro atoms. The largest absolute Gasteiger partial charge is 0.461 e. The molecule has 8 heteroatoms. The molecule has 0 fully saturated rings. The number of carbonyl (C=O) groups excluding carboxylic acids is 2. The third kappa shape index (κ3) is 4.53. The molecule has 0 aliphatic rings. The molecule has 0 aliphatic carbocycles. The molecule has 0 aliphatic heterocycles. The van der Waals surface area contributed by atoms with Crippen LogP contribution >= 0.6 is 11.6 Å². The van der Waals surface area contributed by atoms with Crippen LogP contribution in [0.2, 0.25) is 5.02 Å². The summed E-state index contributed by atoms with van der Waals surface area (Å²) < 4.78 is 33.5. The van der Waals surface area contributed by atoms with E-state index in [9.17, 15) is 18.0 Å². The molecule has 0 saturated heterocycles. The molecule has 1 heterocycles. The smallest absolute Gasteiger partial charge is 0.271 e. The van der Waals surface area contributed by atoms with Crippen molar-refractivity contribution in [1.29, 1.82) is 0 Å². The summed E-state index contributed by atoms with van der Waals surface area (Å²) in [7, 11) is -4.31. The lowest BCUT2D eigenvalue weighted by molar-refractivity contribution is -0.113. The fraction of sp³-hybridized carbons (Fsp3) is 0.0769. The van der Waals surface area contributed by atoms with E-state index in [1.54, 1.807) is 25.1 Å². The molecule has 1 aromatic heterocycles. The van der Waals surface area contributed by atoms with E-state index >= 15 is 0 Å². The van der Waals surface area contributed by atoms with Crippen molar-refractivity contribution in [3.63, 3.8) is 0 Å². The number of aryl methyl sites for hydroxylation is 1. The highest BCUT2D eigenvalue weighted by Gasteiger charge is 2.30. The highest BCUT2D eigenvalue weighted by atomic mass is 35.5. The number of carbonyl (C=O) groups is 2. The molecular weight excluding hydrogens is 474 g/mol. The maximum absolute atomic E-state index is 13.6. The molecule has 0 atom stereocenters. The van der Waals surface area contributed by atoms with Crippen LogP contribution in [0, 0.1) is 6.92 Å². The maximum atomic E-state index is 13.6. The second-order valence-electron chi connectivity index (χ2n) is 7.58. The van der Waals surface area contributed by atoms with Crippen molar-refractivity contribution in [3.8, 4) is 0 Å². The highest BCUT2D eigenvalue weighted by Crippen LogP contribution is 2.32. The Kier molecular flexibility index (Phi) is 6.41. The molecule has 3 aromatic carbocycles. The molecule has 0 saturated carbocycles. The Labute approximate surface area is 202 Å². The second-order valence-corrected chi connectivity index (χ2v) is 9.80. The van der Waals surface area contributed by atoms with Gasteiger partial charge >= 0.3 is 0 Å². The number of nitrogens with zero attached hydrogens (tertiary/aromatic N) is 1. The van der Waals surface area contributed by atoms with Crippen LogP contribution in [0.1, 0.15) is 28.6 Å². The van der Waals surface area contributed by atoms with Gasteiger partial charge in [-0.25, -0.2) is 8.42 Å². The summed E-state index contributed by atoms with van der Waals surface area (Å²) in [5.41, 5.74) is 1.57. The van der Waals surface area contributed by atoms with Crippen LogP contribution in [0.25, 0.3) is 17.0 Å². The van der Waals surface area contributed by atoms with Gasteiger partial charge in [0.1, 0.15) is 11.3 Å². The van der Waals surface area contributed by atoms with Crippen molar-refractivity contribution in [3.05, 3.63) is 101 Å². The Morgan fingerprint density at radius 3 is 2.29 bits per heavy atom. The SMILES string of the molecule is CC(=O)c1c(C)oc2ccc(N(C(=O)C=Cc3ccccc3)S(=O)(=O)c3ccc(Cl)cc3)cc12. The van der Waals surface area contributed by atoms with Gasteiger partial charge in [0.15, 0.2) is 5.78 Å². The van der Waals surface area contributed by atoms with Crippen LogP contribution in [0.4, 0.5) is 5.69 Å². The zero-order valence-corrected chi connectivity index (χ0v) is 19.9. The summed E-state index contributed by atoms with van der Waals surface area (Å²) in [5.74, 6) is -0.583. The highest BCUT2D eigenvalue weighted by molar-refractivity contribution is 7.93. The maximum Gasteiger partial charge on any atom is 0.271 e. The Morgan fingerprint density at radius 1 is 0.971 bits per heavy atom. The molecular formula is C26H20ClNO5S. The Balaban J connectivity index is 1.88. The number of hydrogen-bond acceptors (Lipinski definition) is 5. The fourth-order valence-corrected chi connectivity index (χ4v) is 5.17. The topological polar surface area (TPSA) is 84.7 Å². The third-order valence-corrected chi connectivity index (χ3v) is 7.20. The average Bonchev–Trinajstić information content (AvgIpc) is 3.14. The number of amides is 1. The van der Waals surface area contributed by atoms with E-state index < -0.39 is 15.9 Å². The fourth-order valence-electron chi connectivity index (χ4n) is 3.67. The Morgan fingerprint density at radius 2 is 1.65 bits per heavy atom. The molecule has 0 unspecified atom stereocenters. The van der Waals surface area contributed by atoms with Gasteiger partial charge in [0.25, 0.3) is 15.9 Å². The number of fused-ring (bicyclic) bond motifs is 1. The zero-order chi connectivity index (χ0) is 24.5. The van der Waals surface area contributed by atoms with Crippen molar-refractivity contribution in [2.75, 3.05) is 4.31 Å². The molecule has 4 rings (SSSR count). The number of halogens is 1. The van der Waals surface area contributed by atoms with E-state index in [4.69, 9.17) is 16.0 Å². The first-order chi connectivity index (χ1) is 16.2. The number of furan rings is 1. The van der Waals surface area contributed by atoms with Gasteiger partial charge in [-0.05, 0) is 68.0 Å². The van der Waals surface area contributed by atoms with Gasteiger partial charge in [-0.1, -0.05) is 41.9 Å². The van der Waals surface area contributed by atoms with Gasteiger partial charge in [0, 0.05) is 16.5 Å². The minimum Gasteiger partial charge on any atom is -0.461 e. The molecule has 4 aromatic rings. The van der Waals surface area contributed by atoms with Crippen molar-refractivity contribution < 1.29 is 22.4 Å². The van der Waals surface area contributed by atoms with E-state index in [-0.39, 0.29) is 16.4 Å². The first kappa shape index (κ1) is 23.5. The van der Waals surface area contributed by atoms with Crippen LogP contribution < -0.4 is 4.31 Å². The predicted molar refractivity (Wildman–Crippen MR) is 133 cm³/mol. The molecule has 172 valence electrons. The monoisotopic (exact) mass is 493 g/mol. The van der Waals surface area contributed by atoms with E-state index in [0.717, 1.165) is 5.56 Å². The van der Waals surface area contributed by atoms with Gasteiger partial charge in [-0.2, -0.15) is 4.31 Å². The minimum atomic E-state index is -4.31. The number of rotatable bonds is 6. The van der Waals surface area contributed by atoms with Crippen LogP contribution in [-0.2, 0) is 14.8 Å². The van der Waals surface area contributed by atoms with Crippen molar-refractivity contribution >= 4 is 56.0 Å². The third-order valence-electron chi connectivity index (χ3n) is 5.20. The molecule has 0 radical (unpaired) electrons. The molecule has 0 bridgehead atoms. The van der Waals surface area contributed by atoms with E-state index in [0.29, 0.717) is 31.6 Å². The summed E-state index contributed by atoms with van der Waals surface area (Å²) in [6, 6.07) is 19.1. The lowest BCUT2D eigenvalue weighted by Crippen LogP contribution is -2.35. The van der Waals surface area contributed by atoms with Crippen molar-refractivity contribution in [2.45, 2.75) is 18.7 Å².